The molecule has 0 N–H and O–H groups in total. The molecular weight excluding hydrogens is 199 g/mol. The number of hydrogen-bond acceptors (Lipinski definition) is 0. The Hall–Kier alpha value is -0.235. The molecule has 0 nitrogen and oxygen atoms in total. The van der Waals surface area contributed by atoms with Gasteiger partial charge < -0.3 is 0 Å². The van der Waals surface area contributed by atoms with Crippen molar-refractivity contribution in [1.82, 2.24) is 0 Å². The summed E-state index contributed by atoms with van der Waals surface area (Å²) < 4.78 is 1.18. The van der Waals surface area contributed by atoms with Crippen LogP contribution in [0.3, 0.4) is 0 Å². The fraction of sp³-hybridized carbons (Fsp3) is 0.333. The van der Waals surface area contributed by atoms with Gasteiger partial charge in [-0.2, -0.15) is 0 Å². The Balaban J connectivity index is 3.08. The SMILES string of the molecule is CB(C)c1cc(C)cc(Br)c1. The van der Waals surface area contributed by atoms with Gasteiger partial charge in [-0.15, -0.1) is 0 Å². The van der Waals surface area contributed by atoms with Crippen molar-refractivity contribution in [2.24, 2.45) is 0 Å². The molecule has 0 radical (unpaired) electrons. The van der Waals surface area contributed by atoms with Crippen LogP contribution in [0.15, 0.2) is 22.7 Å². The molecule has 58 valence electrons. The lowest BCUT2D eigenvalue weighted by Gasteiger charge is -2.04. The number of aryl methyl sites for hydroxylation is 1. The van der Waals surface area contributed by atoms with Crippen LogP contribution in [0.25, 0.3) is 0 Å². The van der Waals surface area contributed by atoms with Crippen LogP contribution in [0.5, 0.6) is 0 Å². The van der Waals surface area contributed by atoms with Crippen LogP contribution in [-0.4, -0.2) is 6.71 Å². The van der Waals surface area contributed by atoms with Crippen LogP contribution in [0.4, 0.5) is 0 Å². The highest BCUT2D eigenvalue weighted by atomic mass is 79.9. The van der Waals surface area contributed by atoms with E-state index in [0.717, 1.165) is 0 Å². The summed E-state index contributed by atoms with van der Waals surface area (Å²) in [6, 6.07) is 6.54. The van der Waals surface area contributed by atoms with Crippen LogP contribution in [0, 0.1) is 6.92 Å². The highest BCUT2D eigenvalue weighted by Gasteiger charge is 2.03. The molecular formula is C9H12BBr. The monoisotopic (exact) mass is 210 g/mol. The van der Waals surface area contributed by atoms with Gasteiger partial charge in [0, 0.05) is 4.47 Å². The average molecular weight is 211 g/mol. The molecule has 0 fully saturated rings. The zero-order valence-corrected chi connectivity index (χ0v) is 8.77. The Bertz CT molecular complexity index is 235. The molecule has 0 amide bonds. The molecule has 0 aromatic heterocycles. The highest BCUT2D eigenvalue weighted by Crippen LogP contribution is 2.09. The van der Waals surface area contributed by atoms with Gasteiger partial charge in [-0.1, -0.05) is 52.7 Å². The summed E-state index contributed by atoms with van der Waals surface area (Å²) in [5.41, 5.74) is 2.72. The summed E-state index contributed by atoms with van der Waals surface area (Å²) in [4.78, 5) is 0. The fourth-order valence-corrected chi connectivity index (χ4v) is 1.72. The molecule has 1 aromatic rings. The summed E-state index contributed by atoms with van der Waals surface area (Å²) >= 11 is 3.48. The molecule has 2 heteroatoms. The normalized spacial score (nSPS) is 9.82. The lowest BCUT2D eigenvalue weighted by Crippen LogP contribution is -2.22. The zero-order chi connectivity index (χ0) is 8.43. The Labute approximate surface area is 77.2 Å². The largest absolute Gasteiger partial charge is 0.169 e. The number of halogens is 1. The molecule has 0 bridgehead atoms. The van der Waals surface area contributed by atoms with Crippen molar-refractivity contribution in [2.75, 3.05) is 0 Å². The number of benzene rings is 1. The molecule has 1 aromatic carbocycles. The van der Waals surface area contributed by atoms with Gasteiger partial charge in [0.05, 0.1) is 0 Å². The molecule has 1 rings (SSSR count). The third-order valence-corrected chi connectivity index (χ3v) is 2.19. The molecule has 0 unspecified atom stereocenters. The second kappa shape index (κ2) is 3.44. The van der Waals surface area contributed by atoms with Gasteiger partial charge >= 0.3 is 0 Å². The van der Waals surface area contributed by atoms with Crippen LogP contribution in [0.1, 0.15) is 5.56 Å². The van der Waals surface area contributed by atoms with Gasteiger partial charge in [0.25, 0.3) is 0 Å². The molecule has 0 saturated carbocycles. The molecule has 11 heavy (non-hydrogen) atoms. The van der Waals surface area contributed by atoms with E-state index >= 15 is 0 Å². The minimum Gasteiger partial charge on any atom is -0.0819 e. The van der Waals surface area contributed by atoms with Crippen molar-refractivity contribution in [3.63, 3.8) is 0 Å². The smallest absolute Gasteiger partial charge is 0.0819 e. The van der Waals surface area contributed by atoms with Crippen molar-refractivity contribution >= 4 is 28.1 Å². The van der Waals surface area contributed by atoms with Gasteiger partial charge in [-0.3, -0.25) is 0 Å². The fourth-order valence-electron chi connectivity index (χ4n) is 1.10. The first-order chi connectivity index (χ1) is 5.09. The summed E-state index contributed by atoms with van der Waals surface area (Å²) in [5, 5.41) is 0. The Morgan fingerprint density at radius 2 is 1.82 bits per heavy atom. The van der Waals surface area contributed by atoms with E-state index in [2.05, 4.69) is 54.7 Å². The predicted octanol–water partition coefficient (Wildman–Crippen LogP) is 2.72. The summed E-state index contributed by atoms with van der Waals surface area (Å²) in [6.45, 7) is 7.16. The lowest BCUT2D eigenvalue weighted by atomic mass is 9.49. The second-order valence-electron chi connectivity index (χ2n) is 3.22. The summed E-state index contributed by atoms with van der Waals surface area (Å²) in [5.74, 6) is 0. The molecule has 0 saturated heterocycles. The van der Waals surface area contributed by atoms with Gasteiger partial charge in [0.2, 0.25) is 0 Å². The maximum absolute atomic E-state index is 3.48. The first kappa shape index (κ1) is 8.86. The first-order valence-corrected chi connectivity index (χ1v) is 4.66. The van der Waals surface area contributed by atoms with Crippen molar-refractivity contribution in [3.8, 4) is 0 Å². The Morgan fingerprint density at radius 1 is 1.18 bits per heavy atom. The van der Waals surface area contributed by atoms with Crippen molar-refractivity contribution in [1.29, 1.82) is 0 Å². The molecule has 0 atom stereocenters. The standard InChI is InChI=1S/C9H12BBr/c1-7-4-8(10(2)3)6-9(11)5-7/h4-6H,1-3H3. The molecule has 0 aliphatic carbocycles. The van der Waals surface area contributed by atoms with Gasteiger partial charge in [0.15, 0.2) is 6.71 Å². The average Bonchev–Trinajstić information content (AvgIpc) is 1.85. The zero-order valence-electron chi connectivity index (χ0n) is 7.19. The first-order valence-electron chi connectivity index (χ1n) is 3.86. The quantitative estimate of drug-likeness (QED) is 0.626. The highest BCUT2D eigenvalue weighted by molar-refractivity contribution is 9.10. The van der Waals surface area contributed by atoms with E-state index in [9.17, 15) is 0 Å². The van der Waals surface area contributed by atoms with Gasteiger partial charge in [-0.25, -0.2) is 0 Å². The van der Waals surface area contributed by atoms with E-state index in [4.69, 9.17) is 0 Å². The van der Waals surface area contributed by atoms with Crippen LogP contribution in [0.2, 0.25) is 13.6 Å². The van der Waals surface area contributed by atoms with E-state index < -0.39 is 0 Å². The van der Waals surface area contributed by atoms with Crippen molar-refractivity contribution in [3.05, 3.63) is 28.2 Å². The number of hydrogen-bond donors (Lipinski definition) is 0. The summed E-state index contributed by atoms with van der Waals surface area (Å²) in [6.07, 6.45) is 0. The Kier molecular flexibility index (Phi) is 2.77. The summed E-state index contributed by atoms with van der Waals surface area (Å²) in [7, 11) is 0. The van der Waals surface area contributed by atoms with E-state index in [0.29, 0.717) is 6.71 Å². The van der Waals surface area contributed by atoms with Gasteiger partial charge in [-0.05, 0) is 13.0 Å². The minimum atomic E-state index is 0.617. The van der Waals surface area contributed by atoms with Crippen molar-refractivity contribution < 1.29 is 0 Å². The lowest BCUT2D eigenvalue weighted by molar-refractivity contribution is 1.47. The topological polar surface area (TPSA) is 0 Å². The van der Waals surface area contributed by atoms with E-state index in [1.54, 1.807) is 0 Å². The predicted molar refractivity (Wildman–Crippen MR) is 56.0 cm³/mol. The third-order valence-electron chi connectivity index (χ3n) is 1.73. The van der Waals surface area contributed by atoms with Gasteiger partial charge in [0.1, 0.15) is 0 Å². The molecule has 0 heterocycles. The van der Waals surface area contributed by atoms with E-state index in [-0.39, 0.29) is 0 Å². The third kappa shape index (κ3) is 2.37. The minimum absolute atomic E-state index is 0.617. The van der Waals surface area contributed by atoms with Crippen molar-refractivity contribution in [2.45, 2.75) is 20.6 Å². The molecule has 0 aliphatic rings. The van der Waals surface area contributed by atoms with Crippen LogP contribution in [-0.2, 0) is 0 Å². The van der Waals surface area contributed by atoms with E-state index in [1.807, 2.05) is 0 Å². The van der Waals surface area contributed by atoms with Crippen LogP contribution >= 0.6 is 15.9 Å². The number of rotatable bonds is 1. The van der Waals surface area contributed by atoms with Crippen LogP contribution < -0.4 is 5.46 Å². The maximum Gasteiger partial charge on any atom is 0.169 e. The molecule has 0 spiro atoms. The van der Waals surface area contributed by atoms with E-state index in [1.165, 1.54) is 15.5 Å². The Morgan fingerprint density at radius 3 is 2.27 bits per heavy atom. The molecule has 0 aliphatic heterocycles. The maximum atomic E-state index is 3.48. The second-order valence-corrected chi connectivity index (χ2v) is 4.13.